The minimum atomic E-state index is -0.847. The van der Waals surface area contributed by atoms with Gasteiger partial charge in [-0.15, -0.1) is 0 Å². The molecule has 0 spiro atoms. The molecule has 1 aromatic carbocycles. The van der Waals surface area contributed by atoms with E-state index in [9.17, 15) is 4.79 Å². The molecule has 3 nitrogen and oxygen atoms in total. The Morgan fingerprint density at radius 3 is 2.43 bits per heavy atom. The Morgan fingerprint density at radius 1 is 1.33 bits per heavy atom. The molecule has 1 fully saturated rings. The standard InChI is InChI=1S/C17H21ClN2O/c1-17(2,11-19)20-16(21)15(12-5-3-4-6-12)13-7-9-14(18)10-8-13/h7-10,12,15H,3-6H2,1-2H3,(H,20,21). The van der Waals surface area contributed by atoms with Crippen LogP contribution >= 0.6 is 11.6 Å². The number of hydrogen-bond donors (Lipinski definition) is 1. The van der Waals surface area contributed by atoms with Crippen molar-refractivity contribution in [3.05, 3.63) is 34.9 Å². The SMILES string of the molecule is CC(C)(C#N)NC(=O)C(c1ccc(Cl)cc1)C1CCCC1. The van der Waals surface area contributed by atoms with Crippen LogP contribution in [0.3, 0.4) is 0 Å². The molecule has 21 heavy (non-hydrogen) atoms. The molecule has 0 aliphatic heterocycles. The smallest absolute Gasteiger partial charge is 0.229 e. The molecule has 1 aromatic rings. The Bertz CT molecular complexity index is 539. The maximum Gasteiger partial charge on any atom is 0.229 e. The van der Waals surface area contributed by atoms with Crippen LogP contribution in [0.4, 0.5) is 0 Å². The van der Waals surface area contributed by atoms with Crippen molar-refractivity contribution < 1.29 is 4.79 Å². The van der Waals surface area contributed by atoms with Crippen LogP contribution in [-0.2, 0) is 4.79 Å². The third-order valence-electron chi connectivity index (χ3n) is 4.10. The summed E-state index contributed by atoms with van der Waals surface area (Å²) in [5.74, 6) is 0.0915. The Hall–Kier alpha value is -1.53. The second-order valence-electron chi connectivity index (χ2n) is 6.30. The summed E-state index contributed by atoms with van der Waals surface area (Å²) in [6.07, 6.45) is 4.47. The summed E-state index contributed by atoms with van der Waals surface area (Å²) in [5.41, 5.74) is 0.137. The number of halogens is 1. The predicted molar refractivity (Wildman–Crippen MR) is 84.0 cm³/mol. The van der Waals surface area contributed by atoms with E-state index >= 15 is 0 Å². The first-order valence-electron chi connectivity index (χ1n) is 7.42. The number of benzene rings is 1. The van der Waals surface area contributed by atoms with E-state index in [4.69, 9.17) is 16.9 Å². The Morgan fingerprint density at radius 2 is 1.90 bits per heavy atom. The number of carbonyl (C=O) groups excluding carboxylic acids is 1. The van der Waals surface area contributed by atoms with Crippen molar-refractivity contribution in [3.63, 3.8) is 0 Å². The zero-order chi connectivity index (χ0) is 15.5. The van der Waals surface area contributed by atoms with Gasteiger partial charge in [0.15, 0.2) is 0 Å². The highest BCUT2D eigenvalue weighted by atomic mass is 35.5. The van der Waals surface area contributed by atoms with E-state index in [-0.39, 0.29) is 11.8 Å². The number of nitrogens with zero attached hydrogens (tertiary/aromatic N) is 1. The highest BCUT2D eigenvalue weighted by Crippen LogP contribution is 2.38. The summed E-state index contributed by atoms with van der Waals surface area (Å²) >= 11 is 5.94. The van der Waals surface area contributed by atoms with E-state index in [2.05, 4.69) is 11.4 Å². The zero-order valence-corrected chi connectivity index (χ0v) is 13.3. The minimum Gasteiger partial charge on any atom is -0.338 e. The molecule has 1 amide bonds. The number of nitriles is 1. The lowest BCUT2D eigenvalue weighted by Crippen LogP contribution is -2.45. The predicted octanol–water partition coefficient (Wildman–Crippen LogP) is 4.03. The summed E-state index contributed by atoms with van der Waals surface area (Å²) in [6.45, 7) is 3.44. The van der Waals surface area contributed by atoms with E-state index in [1.54, 1.807) is 13.8 Å². The van der Waals surface area contributed by atoms with Gasteiger partial charge in [-0.2, -0.15) is 5.26 Å². The quantitative estimate of drug-likeness (QED) is 0.913. The van der Waals surface area contributed by atoms with Crippen molar-refractivity contribution in [2.24, 2.45) is 5.92 Å². The average molecular weight is 305 g/mol. The van der Waals surface area contributed by atoms with Crippen LogP contribution in [-0.4, -0.2) is 11.4 Å². The van der Waals surface area contributed by atoms with Crippen LogP contribution in [0.15, 0.2) is 24.3 Å². The van der Waals surface area contributed by atoms with E-state index in [0.717, 1.165) is 18.4 Å². The topological polar surface area (TPSA) is 52.9 Å². The Balaban J connectivity index is 2.26. The molecule has 0 bridgehead atoms. The molecule has 2 rings (SSSR count). The van der Waals surface area contributed by atoms with Gasteiger partial charge in [0.2, 0.25) is 5.91 Å². The fourth-order valence-corrected chi connectivity index (χ4v) is 3.14. The molecule has 0 heterocycles. The lowest BCUT2D eigenvalue weighted by Gasteiger charge is -2.27. The molecule has 112 valence electrons. The van der Waals surface area contributed by atoms with Crippen molar-refractivity contribution >= 4 is 17.5 Å². The van der Waals surface area contributed by atoms with Crippen LogP contribution in [0.2, 0.25) is 5.02 Å². The third-order valence-corrected chi connectivity index (χ3v) is 4.35. The molecule has 1 unspecified atom stereocenters. The van der Waals surface area contributed by atoms with Crippen LogP contribution < -0.4 is 5.32 Å². The van der Waals surface area contributed by atoms with E-state index < -0.39 is 5.54 Å². The molecule has 0 radical (unpaired) electrons. The maximum absolute atomic E-state index is 12.7. The monoisotopic (exact) mass is 304 g/mol. The van der Waals surface area contributed by atoms with E-state index in [1.807, 2.05) is 24.3 Å². The molecule has 4 heteroatoms. The highest BCUT2D eigenvalue weighted by Gasteiger charge is 2.34. The number of amides is 1. The molecular formula is C17H21ClN2O. The van der Waals surface area contributed by atoms with Gasteiger partial charge < -0.3 is 5.32 Å². The molecule has 1 aliphatic rings. The van der Waals surface area contributed by atoms with Crippen molar-refractivity contribution in [2.45, 2.75) is 51.0 Å². The molecule has 1 N–H and O–H groups in total. The molecule has 1 atom stereocenters. The summed E-state index contributed by atoms with van der Waals surface area (Å²) < 4.78 is 0. The van der Waals surface area contributed by atoms with Gasteiger partial charge in [0, 0.05) is 5.02 Å². The summed E-state index contributed by atoms with van der Waals surface area (Å²) in [7, 11) is 0. The third kappa shape index (κ3) is 3.98. The maximum atomic E-state index is 12.7. The lowest BCUT2D eigenvalue weighted by molar-refractivity contribution is -0.124. The van der Waals surface area contributed by atoms with Gasteiger partial charge in [-0.1, -0.05) is 36.6 Å². The Kier molecular flexibility index (Phi) is 4.90. The summed E-state index contributed by atoms with van der Waals surface area (Å²) in [6, 6.07) is 9.61. The normalized spacial score (nSPS) is 17.2. The van der Waals surface area contributed by atoms with Crippen molar-refractivity contribution in [2.75, 3.05) is 0 Å². The molecular weight excluding hydrogens is 284 g/mol. The molecule has 1 saturated carbocycles. The first-order chi connectivity index (χ1) is 9.93. The molecule has 1 aliphatic carbocycles. The lowest BCUT2D eigenvalue weighted by atomic mass is 9.83. The highest BCUT2D eigenvalue weighted by molar-refractivity contribution is 6.30. The van der Waals surface area contributed by atoms with Crippen molar-refractivity contribution in [3.8, 4) is 6.07 Å². The molecule has 0 saturated heterocycles. The minimum absolute atomic E-state index is 0.0595. The fourth-order valence-electron chi connectivity index (χ4n) is 3.01. The largest absolute Gasteiger partial charge is 0.338 e. The first-order valence-corrected chi connectivity index (χ1v) is 7.79. The van der Waals surface area contributed by atoms with E-state index in [1.165, 1.54) is 12.8 Å². The van der Waals surface area contributed by atoms with Gasteiger partial charge in [-0.05, 0) is 50.3 Å². The first kappa shape index (κ1) is 15.9. The second-order valence-corrected chi connectivity index (χ2v) is 6.74. The number of hydrogen-bond acceptors (Lipinski definition) is 2. The number of carbonyl (C=O) groups is 1. The average Bonchev–Trinajstić information content (AvgIpc) is 2.94. The van der Waals surface area contributed by atoms with Gasteiger partial charge in [-0.25, -0.2) is 0 Å². The van der Waals surface area contributed by atoms with E-state index in [0.29, 0.717) is 10.9 Å². The van der Waals surface area contributed by atoms with Crippen LogP contribution in [0.25, 0.3) is 0 Å². The van der Waals surface area contributed by atoms with Gasteiger partial charge in [0.25, 0.3) is 0 Å². The van der Waals surface area contributed by atoms with Crippen molar-refractivity contribution in [1.82, 2.24) is 5.32 Å². The van der Waals surface area contributed by atoms with Gasteiger partial charge >= 0.3 is 0 Å². The zero-order valence-electron chi connectivity index (χ0n) is 12.5. The molecule has 0 aromatic heterocycles. The van der Waals surface area contributed by atoms with Crippen LogP contribution in [0, 0.1) is 17.2 Å². The summed E-state index contributed by atoms with van der Waals surface area (Å²) in [5, 5.41) is 12.6. The number of rotatable bonds is 4. The second kappa shape index (κ2) is 6.49. The van der Waals surface area contributed by atoms with Crippen LogP contribution in [0.1, 0.15) is 51.0 Å². The summed E-state index contributed by atoms with van der Waals surface area (Å²) in [4.78, 5) is 12.7. The van der Waals surface area contributed by atoms with Gasteiger partial charge in [0.1, 0.15) is 5.54 Å². The van der Waals surface area contributed by atoms with Crippen molar-refractivity contribution in [1.29, 1.82) is 5.26 Å². The number of nitrogens with one attached hydrogen (secondary N) is 1. The Labute approximate surface area is 131 Å². The van der Waals surface area contributed by atoms with Gasteiger partial charge in [0.05, 0.1) is 12.0 Å². The fraction of sp³-hybridized carbons (Fsp3) is 0.529. The van der Waals surface area contributed by atoms with Crippen LogP contribution in [0.5, 0.6) is 0 Å². The van der Waals surface area contributed by atoms with Gasteiger partial charge in [-0.3, -0.25) is 4.79 Å².